The van der Waals surface area contributed by atoms with Crippen molar-refractivity contribution in [3.05, 3.63) is 94.2 Å². The van der Waals surface area contributed by atoms with E-state index in [1.807, 2.05) is 78.2 Å². The number of hydrogen-bond donors (Lipinski definition) is 2. The van der Waals surface area contributed by atoms with Crippen LogP contribution in [-0.2, 0) is 9.59 Å². The Morgan fingerprint density at radius 3 is 1.93 bits per heavy atom. The Morgan fingerprint density at radius 2 is 1.44 bits per heavy atom. The van der Waals surface area contributed by atoms with Crippen molar-refractivity contribution >= 4 is 23.2 Å². The average Bonchev–Trinajstić information content (AvgIpc) is 3.21. The van der Waals surface area contributed by atoms with Crippen molar-refractivity contribution in [3.63, 3.8) is 0 Å². The molecule has 0 aliphatic heterocycles. The zero-order chi connectivity index (χ0) is 19.1. The lowest BCUT2D eigenvalue weighted by Gasteiger charge is -2.22. The minimum absolute atomic E-state index is 0.111. The van der Waals surface area contributed by atoms with Gasteiger partial charge in [-0.05, 0) is 22.6 Å². The monoisotopic (exact) mass is 378 g/mol. The average molecular weight is 378 g/mol. The molecule has 0 fully saturated rings. The molecule has 2 aromatic carbocycles. The maximum Gasteiger partial charge on any atom is 0.223 e. The number of hydrogen-bond acceptors (Lipinski definition) is 3. The first-order chi connectivity index (χ1) is 13.1. The fourth-order valence-electron chi connectivity index (χ4n) is 3.01. The second-order valence-electron chi connectivity index (χ2n) is 6.29. The quantitative estimate of drug-likeness (QED) is 0.647. The largest absolute Gasteiger partial charge is 0.348 e. The van der Waals surface area contributed by atoms with E-state index in [0.717, 1.165) is 16.0 Å². The van der Waals surface area contributed by atoms with Gasteiger partial charge in [-0.2, -0.15) is 0 Å². The van der Waals surface area contributed by atoms with Gasteiger partial charge in [-0.3, -0.25) is 9.59 Å². The summed E-state index contributed by atoms with van der Waals surface area (Å²) < 4.78 is 0. The van der Waals surface area contributed by atoms with E-state index in [0.29, 0.717) is 0 Å². The normalized spacial score (nSPS) is 11.8. The standard InChI is InChI=1S/C22H22N2O2S/c1-16(25)23-19(20-13-8-14-27-20)15-21(26)24-22(17-9-4-2-5-10-17)18-11-6-3-7-12-18/h2-14,19,22H,15H2,1H3,(H,23,25)(H,24,26)/t19-/m0/s1. The second kappa shape index (κ2) is 9.14. The molecule has 0 aliphatic carbocycles. The molecule has 1 atom stereocenters. The van der Waals surface area contributed by atoms with Gasteiger partial charge in [-0.1, -0.05) is 66.7 Å². The molecule has 4 nitrogen and oxygen atoms in total. The minimum Gasteiger partial charge on any atom is -0.348 e. The van der Waals surface area contributed by atoms with Crippen molar-refractivity contribution in [2.45, 2.75) is 25.4 Å². The summed E-state index contributed by atoms with van der Waals surface area (Å²) >= 11 is 1.53. The van der Waals surface area contributed by atoms with Gasteiger partial charge in [0.15, 0.2) is 0 Å². The number of nitrogens with one attached hydrogen (secondary N) is 2. The van der Waals surface area contributed by atoms with Crippen molar-refractivity contribution in [2.75, 3.05) is 0 Å². The van der Waals surface area contributed by atoms with Crippen LogP contribution < -0.4 is 10.6 Å². The van der Waals surface area contributed by atoms with Crippen LogP contribution in [0.2, 0.25) is 0 Å². The molecule has 0 unspecified atom stereocenters. The van der Waals surface area contributed by atoms with Crippen molar-refractivity contribution in [1.82, 2.24) is 10.6 Å². The molecule has 138 valence electrons. The van der Waals surface area contributed by atoms with Crippen LogP contribution in [0.5, 0.6) is 0 Å². The Hall–Kier alpha value is -2.92. The molecular formula is C22H22N2O2S. The molecule has 0 spiro atoms. The molecule has 2 N–H and O–H groups in total. The molecule has 0 bridgehead atoms. The summed E-state index contributed by atoms with van der Waals surface area (Å²) in [6, 6.07) is 23.1. The Balaban J connectivity index is 1.79. The predicted octanol–water partition coefficient (Wildman–Crippen LogP) is 4.22. The van der Waals surface area contributed by atoms with E-state index >= 15 is 0 Å². The molecule has 3 aromatic rings. The highest BCUT2D eigenvalue weighted by molar-refractivity contribution is 7.10. The lowest BCUT2D eigenvalue weighted by Crippen LogP contribution is -2.34. The van der Waals surface area contributed by atoms with Gasteiger partial charge in [0.1, 0.15) is 0 Å². The van der Waals surface area contributed by atoms with Crippen LogP contribution in [0.15, 0.2) is 78.2 Å². The summed E-state index contributed by atoms with van der Waals surface area (Å²) in [5.41, 5.74) is 2.04. The van der Waals surface area contributed by atoms with E-state index in [2.05, 4.69) is 10.6 Å². The van der Waals surface area contributed by atoms with Gasteiger partial charge in [-0.25, -0.2) is 0 Å². The molecule has 0 saturated heterocycles. The second-order valence-corrected chi connectivity index (χ2v) is 7.27. The van der Waals surface area contributed by atoms with Crippen molar-refractivity contribution in [1.29, 1.82) is 0 Å². The lowest BCUT2D eigenvalue weighted by molar-refractivity contribution is -0.123. The highest BCUT2D eigenvalue weighted by Gasteiger charge is 2.21. The van der Waals surface area contributed by atoms with E-state index in [1.54, 1.807) is 0 Å². The molecule has 1 heterocycles. The fourth-order valence-corrected chi connectivity index (χ4v) is 3.79. The van der Waals surface area contributed by atoms with Crippen molar-refractivity contribution < 1.29 is 9.59 Å². The maximum absolute atomic E-state index is 12.8. The van der Waals surface area contributed by atoms with Gasteiger partial charge in [0.2, 0.25) is 11.8 Å². The van der Waals surface area contributed by atoms with Crippen LogP contribution >= 0.6 is 11.3 Å². The van der Waals surface area contributed by atoms with Crippen LogP contribution in [-0.4, -0.2) is 11.8 Å². The van der Waals surface area contributed by atoms with Crippen LogP contribution in [0.25, 0.3) is 0 Å². The molecule has 1 aromatic heterocycles. The lowest BCUT2D eigenvalue weighted by atomic mass is 9.98. The Labute approximate surface area is 163 Å². The van der Waals surface area contributed by atoms with Crippen LogP contribution in [0.4, 0.5) is 0 Å². The number of benzene rings is 2. The molecule has 2 amide bonds. The van der Waals surface area contributed by atoms with Crippen molar-refractivity contribution in [3.8, 4) is 0 Å². The summed E-state index contributed by atoms with van der Waals surface area (Å²) in [7, 11) is 0. The first-order valence-corrected chi connectivity index (χ1v) is 9.71. The first-order valence-electron chi connectivity index (χ1n) is 8.83. The Kier molecular flexibility index (Phi) is 6.39. The summed E-state index contributed by atoms with van der Waals surface area (Å²) in [5, 5.41) is 7.95. The first kappa shape index (κ1) is 18.9. The van der Waals surface area contributed by atoms with Gasteiger partial charge >= 0.3 is 0 Å². The van der Waals surface area contributed by atoms with Gasteiger partial charge < -0.3 is 10.6 Å². The van der Waals surface area contributed by atoms with E-state index in [9.17, 15) is 9.59 Å². The van der Waals surface area contributed by atoms with Crippen LogP contribution in [0.1, 0.15) is 41.4 Å². The van der Waals surface area contributed by atoms with Crippen LogP contribution in [0, 0.1) is 0 Å². The molecule has 27 heavy (non-hydrogen) atoms. The van der Waals surface area contributed by atoms with E-state index in [-0.39, 0.29) is 30.3 Å². The van der Waals surface area contributed by atoms with Crippen molar-refractivity contribution in [2.24, 2.45) is 0 Å². The Bertz CT molecular complexity index is 824. The van der Waals surface area contributed by atoms with Gasteiger partial charge in [-0.15, -0.1) is 11.3 Å². The zero-order valence-corrected chi connectivity index (χ0v) is 15.9. The maximum atomic E-state index is 12.8. The predicted molar refractivity (Wildman–Crippen MR) is 108 cm³/mol. The van der Waals surface area contributed by atoms with Gasteiger partial charge in [0, 0.05) is 11.8 Å². The third-order valence-electron chi connectivity index (χ3n) is 4.22. The fraction of sp³-hybridized carbons (Fsp3) is 0.182. The van der Waals surface area contributed by atoms with E-state index < -0.39 is 0 Å². The summed E-state index contributed by atoms with van der Waals surface area (Å²) in [6.45, 7) is 1.47. The number of amides is 2. The van der Waals surface area contributed by atoms with E-state index in [1.165, 1.54) is 18.3 Å². The van der Waals surface area contributed by atoms with Gasteiger partial charge in [0.05, 0.1) is 18.5 Å². The SMILES string of the molecule is CC(=O)N[C@@H](CC(=O)NC(c1ccccc1)c1ccccc1)c1cccs1. The summed E-state index contributed by atoms with van der Waals surface area (Å²) in [5.74, 6) is -0.260. The molecule has 0 aliphatic rings. The smallest absolute Gasteiger partial charge is 0.223 e. The molecule has 3 rings (SSSR count). The van der Waals surface area contributed by atoms with Crippen LogP contribution in [0.3, 0.4) is 0 Å². The molecular weight excluding hydrogens is 356 g/mol. The molecule has 0 saturated carbocycles. The minimum atomic E-state index is -0.324. The topological polar surface area (TPSA) is 58.2 Å². The number of carbonyl (C=O) groups is 2. The van der Waals surface area contributed by atoms with E-state index in [4.69, 9.17) is 0 Å². The zero-order valence-electron chi connectivity index (χ0n) is 15.1. The van der Waals surface area contributed by atoms with Gasteiger partial charge in [0.25, 0.3) is 0 Å². The number of thiophene rings is 1. The highest BCUT2D eigenvalue weighted by Crippen LogP contribution is 2.25. The number of carbonyl (C=O) groups excluding carboxylic acids is 2. The number of rotatable bonds is 7. The Morgan fingerprint density at radius 1 is 0.852 bits per heavy atom. The summed E-state index contributed by atoms with van der Waals surface area (Å²) in [6.07, 6.45) is 0.191. The third kappa shape index (κ3) is 5.28. The molecule has 5 heteroatoms. The molecule has 0 radical (unpaired) electrons. The summed E-state index contributed by atoms with van der Waals surface area (Å²) in [4.78, 5) is 25.4. The highest BCUT2D eigenvalue weighted by atomic mass is 32.1. The third-order valence-corrected chi connectivity index (χ3v) is 5.21.